The third-order valence-electron chi connectivity index (χ3n) is 2.72. The number of carbonyl (C=O) groups excluding carboxylic acids is 1. The Labute approximate surface area is 111 Å². The molecule has 2 atom stereocenters. The van der Waals surface area contributed by atoms with Gasteiger partial charge in [-0.15, -0.1) is 0 Å². The molecular formula is C13H18N2O4. The van der Waals surface area contributed by atoms with E-state index >= 15 is 0 Å². The second-order valence-corrected chi connectivity index (χ2v) is 4.21. The van der Waals surface area contributed by atoms with E-state index in [1.807, 2.05) is 30.3 Å². The van der Waals surface area contributed by atoms with Crippen molar-refractivity contribution in [2.75, 3.05) is 6.61 Å². The lowest BCUT2D eigenvalue weighted by atomic mass is 10.1. The molecule has 0 aliphatic heterocycles. The number of rotatable bonds is 7. The van der Waals surface area contributed by atoms with Gasteiger partial charge < -0.3 is 21.3 Å². The summed E-state index contributed by atoms with van der Waals surface area (Å²) in [5.41, 5.74) is 6.74. The number of carbonyl (C=O) groups is 2. The van der Waals surface area contributed by atoms with Gasteiger partial charge in [0.15, 0.2) is 0 Å². The van der Waals surface area contributed by atoms with Crippen molar-refractivity contribution in [3.8, 4) is 0 Å². The number of aryl methyl sites for hydroxylation is 1. The number of hydrogen-bond donors (Lipinski definition) is 4. The van der Waals surface area contributed by atoms with Gasteiger partial charge in [-0.1, -0.05) is 30.3 Å². The Hall–Kier alpha value is -1.92. The van der Waals surface area contributed by atoms with Crippen molar-refractivity contribution in [2.24, 2.45) is 5.73 Å². The summed E-state index contributed by atoms with van der Waals surface area (Å²) in [6.45, 7) is -0.660. The zero-order chi connectivity index (χ0) is 14.3. The highest BCUT2D eigenvalue weighted by Gasteiger charge is 2.22. The van der Waals surface area contributed by atoms with Gasteiger partial charge in [-0.05, 0) is 18.4 Å². The topological polar surface area (TPSA) is 113 Å². The van der Waals surface area contributed by atoms with E-state index in [2.05, 4.69) is 5.32 Å². The fourth-order valence-corrected chi connectivity index (χ4v) is 1.56. The molecule has 1 aromatic rings. The van der Waals surface area contributed by atoms with E-state index in [0.717, 1.165) is 5.56 Å². The van der Waals surface area contributed by atoms with Gasteiger partial charge in [-0.2, -0.15) is 0 Å². The minimum absolute atomic E-state index is 0.410. The van der Waals surface area contributed by atoms with Gasteiger partial charge in [-0.3, -0.25) is 4.79 Å². The lowest BCUT2D eigenvalue weighted by Gasteiger charge is -2.16. The van der Waals surface area contributed by atoms with E-state index in [0.29, 0.717) is 12.8 Å². The van der Waals surface area contributed by atoms with Gasteiger partial charge in [0, 0.05) is 0 Å². The van der Waals surface area contributed by atoms with Crippen molar-refractivity contribution in [3.05, 3.63) is 35.9 Å². The van der Waals surface area contributed by atoms with Crippen molar-refractivity contribution in [3.63, 3.8) is 0 Å². The number of aliphatic hydroxyl groups is 1. The molecule has 0 fully saturated rings. The monoisotopic (exact) mass is 266 g/mol. The molecule has 0 saturated carbocycles. The van der Waals surface area contributed by atoms with Crippen molar-refractivity contribution in [2.45, 2.75) is 24.9 Å². The maximum absolute atomic E-state index is 11.6. The standard InChI is InChI=1S/C13H18N2O4/c14-10(7-6-9-4-2-1-3-5-9)12(17)15-11(8-16)13(18)19/h1-5,10-11,16H,6-8,14H2,(H,15,17)(H,18,19). The maximum atomic E-state index is 11.6. The molecule has 5 N–H and O–H groups in total. The number of nitrogens with one attached hydrogen (secondary N) is 1. The molecule has 6 heteroatoms. The molecule has 0 radical (unpaired) electrons. The fourth-order valence-electron chi connectivity index (χ4n) is 1.56. The van der Waals surface area contributed by atoms with E-state index in [-0.39, 0.29) is 0 Å². The highest BCUT2D eigenvalue weighted by molar-refractivity contribution is 5.86. The first-order valence-electron chi connectivity index (χ1n) is 5.98. The van der Waals surface area contributed by atoms with Crippen LogP contribution < -0.4 is 11.1 Å². The molecule has 0 heterocycles. The molecule has 0 bridgehead atoms. The summed E-state index contributed by atoms with van der Waals surface area (Å²) in [7, 11) is 0. The van der Waals surface area contributed by atoms with Crippen molar-refractivity contribution in [1.29, 1.82) is 0 Å². The fraction of sp³-hybridized carbons (Fsp3) is 0.385. The van der Waals surface area contributed by atoms with E-state index in [4.69, 9.17) is 15.9 Å². The summed E-state index contributed by atoms with van der Waals surface area (Å²) in [6, 6.07) is 7.44. The molecule has 19 heavy (non-hydrogen) atoms. The van der Waals surface area contributed by atoms with Crippen LogP contribution in [-0.4, -0.2) is 40.8 Å². The number of aliphatic carboxylic acids is 1. The quantitative estimate of drug-likeness (QED) is 0.532. The van der Waals surface area contributed by atoms with Crippen LogP contribution in [0.1, 0.15) is 12.0 Å². The van der Waals surface area contributed by atoms with Crippen LogP contribution in [0.4, 0.5) is 0 Å². The second-order valence-electron chi connectivity index (χ2n) is 4.21. The Morgan fingerprint density at radius 3 is 2.42 bits per heavy atom. The SMILES string of the molecule is NC(CCc1ccccc1)C(=O)NC(CO)C(=O)O. The van der Waals surface area contributed by atoms with E-state index in [1.54, 1.807) is 0 Å². The minimum atomic E-state index is -1.31. The Kier molecular flexibility index (Phi) is 5.98. The normalized spacial score (nSPS) is 13.6. The molecule has 1 amide bonds. The van der Waals surface area contributed by atoms with Crippen LogP contribution in [0.15, 0.2) is 30.3 Å². The van der Waals surface area contributed by atoms with Gasteiger partial charge in [0.2, 0.25) is 5.91 Å². The largest absolute Gasteiger partial charge is 0.480 e. The molecule has 0 aromatic heterocycles. The summed E-state index contributed by atoms with van der Waals surface area (Å²) >= 11 is 0. The zero-order valence-electron chi connectivity index (χ0n) is 10.5. The average Bonchev–Trinajstić information content (AvgIpc) is 2.42. The lowest BCUT2D eigenvalue weighted by molar-refractivity contribution is -0.143. The van der Waals surface area contributed by atoms with Crippen LogP contribution >= 0.6 is 0 Å². The predicted molar refractivity (Wildman–Crippen MR) is 69.4 cm³/mol. The number of carboxylic acid groups (broad SMARTS) is 1. The summed E-state index contributed by atoms with van der Waals surface area (Å²) < 4.78 is 0. The van der Waals surface area contributed by atoms with Crippen molar-refractivity contribution < 1.29 is 19.8 Å². The molecule has 2 unspecified atom stereocenters. The summed E-state index contributed by atoms with van der Waals surface area (Å²) in [4.78, 5) is 22.3. The lowest BCUT2D eigenvalue weighted by Crippen LogP contribution is -2.50. The smallest absolute Gasteiger partial charge is 0.328 e. The van der Waals surface area contributed by atoms with Gasteiger partial charge in [0.05, 0.1) is 12.6 Å². The molecule has 104 valence electrons. The average molecular weight is 266 g/mol. The first kappa shape index (κ1) is 15.1. The van der Waals surface area contributed by atoms with E-state index < -0.39 is 30.6 Å². The van der Waals surface area contributed by atoms with Gasteiger partial charge in [0.25, 0.3) is 0 Å². The minimum Gasteiger partial charge on any atom is -0.480 e. The van der Waals surface area contributed by atoms with Gasteiger partial charge in [0.1, 0.15) is 6.04 Å². The molecule has 1 rings (SSSR count). The number of aliphatic hydroxyl groups excluding tert-OH is 1. The maximum Gasteiger partial charge on any atom is 0.328 e. The van der Waals surface area contributed by atoms with Crippen LogP contribution in [-0.2, 0) is 16.0 Å². The number of carboxylic acids is 1. The first-order chi connectivity index (χ1) is 9.04. The van der Waals surface area contributed by atoms with Crippen molar-refractivity contribution in [1.82, 2.24) is 5.32 Å². The number of nitrogens with two attached hydrogens (primary N) is 1. The molecule has 0 spiro atoms. The Bertz CT molecular complexity index is 422. The molecule has 0 saturated heterocycles. The third-order valence-corrected chi connectivity index (χ3v) is 2.72. The highest BCUT2D eigenvalue weighted by atomic mass is 16.4. The molecule has 0 aliphatic carbocycles. The van der Waals surface area contributed by atoms with Gasteiger partial charge >= 0.3 is 5.97 Å². The summed E-state index contributed by atoms with van der Waals surface area (Å²) in [5.74, 6) is -1.86. The molecule has 0 aliphatic rings. The predicted octanol–water partition coefficient (Wildman–Crippen LogP) is -0.492. The third kappa shape index (κ3) is 5.07. The first-order valence-corrected chi connectivity index (χ1v) is 5.98. The molecule has 1 aromatic carbocycles. The Morgan fingerprint density at radius 1 is 1.26 bits per heavy atom. The van der Waals surface area contributed by atoms with Crippen LogP contribution in [0, 0.1) is 0 Å². The van der Waals surface area contributed by atoms with Crippen molar-refractivity contribution >= 4 is 11.9 Å². The summed E-state index contributed by atoms with van der Waals surface area (Å²) in [6.07, 6.45) is 1.04. The molecule has 6 nitrogen and oxygen atoms in total. The van der Waals surface area contributed by atoms with E-state index in [1.165, 1.54) is 0 Å². The zero-order valence-corrected chi connectivity index (χ0v) is 10.5. The van der Waals surface area contributed by atoms with Crippen LogP contribution in [0.2, 0.25) is 0 Å². The number of hydrogen-bond acceptors (Lipinski definition) is 4. The summed E-state index contributed by atoms with van der Waals surface area (Å²) in [5, 5.41) is 19.7. The second kappa shape index (κ2) is 7.50. The van der Waals surface area contributed by atoms with Gasteiger partial charge in [-0.25, -0.2) is 4.79 Å². The number of amides is 1. The Balaban J connectivity index is 2.42. The molecular weight excluding hydrogens is 248 g/mol. The van der Waals surface area contributed by atoms with Crippen LogP contribution in [0.25, 0.3) is 0 Å². The Morgan fingerprint density at radius 2 is 1.89 bits per heavy atom. The highest BCUT2D eigenvalue weighted by Crippen LogP contribution is 2.04. The van der Waals surface area contributed by atoms with E-state index in [9.17, 15) is 9.59 Å². The van der Waals surface area contributed by atoms with Crippen LogP contribution in [0.3, 0.4) is 0 Å². The number of benzene rings is 1. The van der Waals surface area contributed by atoms with Crippen LogP contribution in [0.5, 0.6) is 0 Å².